The second kappa shape index (κ2) is 35.2. The fraction of sp³-hybridized carbons (Fsp3) is 0.134. The maximum absolute atomic E-state index is 11.9. The van der Waals surface area contributed by atoms with Gasteiger partial charge in [0.05, 0.1) is 35.5 Å². The second-order valence-corrected chi connectivity index (χ2v) is 22.9. The van der Waals surface area contributed by atoms with Crippen LogP contribution >= 0.6 is 0 Å². The molecule has 6 aromatic heterocycles. The molecular weight excluding hydrogens is 1250 g/mol. The first-order valence-electron chi connectivity index (χ1n) is 31.5. The predicted molar refractivity (Wildman–Crippen MR) is 398 cm³/mol. The molecule has 17 nitrogen and oxygen atoms in total. The number of aryl methyl sites for hydroxylation is 2. The minimum absolute atomic E-state index is 0.0247. The normalized spacial score (nSPS) is 10.6. The van der Waals surface area contributed by atoms with Crippen LogP contribution in [-0.4, -0.2) is 50.8 Å². The number of anilines is 2. The number of methoxy groups -OCH3 is 1. The second-order valence-electron chi connectivity index (χ2n) is 22.9. The molecule has 0 fully saturated rings. The van der Waals surface area contributed by atoms with Gasteiger partial charge in [0, 0.05) is 87.0 Å². The Morgan fingerprint density at radius 3 is 1.43 bits per heavy atom. The summed E-state index contributed by atoms with van der Waals surface area (Å²) < 4.78 is 31.5. The summed E-state index contributed by atoms with van der Waals surface area (Å²) in [6.07, 6.45) is 7.85. The van der Waals surface area contributed by atoms with Crippen molar-refractivity contribution < 1.29 is 36.7 Å². The molecule has 17 heteroatoms. The summed E-state index contributed by atoms with van der Waals surface area (Å²) in [6.45, 7) is 6.24. The van der Waals surface area contributed by atoms with Crippen LogP contribution in [0.5, 0.6) is 11.5 Å². The van der Waals surface area contributed by atoms with Crippen LogP contribution in [-0.2, 0) is 18.3 Å². The summed E-state index contributed by atoms with van der Waals surface area (Å²) in [6, 6.07) is 72.8. The van der Waals surface area contributed by atoms with Gasteiger partial charge < -0.3 is 46.3 Å². The first kappa shape index (κ1) is 72.2. The molecule has 14 aromatic rings. The molecule has 0 bridgehead atoms. The van der Waals surface area contributed by atoms with E-state index in [0.29, 0.717) is 45.0 Å². The Hall–Kier alpha value is -12.6. The number of carbonyl (C=O) groups is 1. The van der Waals surface area contributed by atoms with E-state index in [1.165, 1.54) is 30.9 Å². The van der Waals surface area contributed by atoms with Gasteiger partial charge in [0.15, 0.2) is 5.78 Å². The van der Waals surface area contributed by atoms with Gasteiger partial charge >= 0.3 is 28.1 Å². The third-order valence-electron chi connectivity index (χ3n) is 15.1. The van der Waals surface area contributed by atoms with Gasteiger partial charge in [-0.3, -0.25) is 9.59 Å². The van der Waals surface area contributed by atoms with Crippen molar-refractivity contribution in [2.75, 3.05) is 45.1 Å². The van der Waals surface area contributed by atoms with E-state index in [0.717, 1.165) is 73.0 Å². The van der Waals surface area contributed by atoms with Crippen LogP contribution in [0, 0.1) is 0 Å². The molecule has 0 amide bonds. The fourth-order valence-corrected chi connectivity index (χ4v) is 9.82. The number of nitrogens with zero attached hydrogens (tertiary/aromatic N) is 3. The Balaban J connectivity index is 0.000000150. The van der Waals surface area contributed by atoms with Crippen LogP contribution in [0.3, 0.4) is 0 Å². The zero-order valence-electron chi connectivity index (χ0n) is 56.3. The molecule has 8 aromatic carbocycles. The van der Waals surface area contributed by atoms with Crippen molar-refractivity contribution in [1.82, 2.24) is 4.57 Å². The summed E-state index contributed by atoms with van der Waals surface area (Å²) in [4.78, 5) is 81.9. The number of ether oxygens (including phenoxy) is 1. The number of benzene rings is 8. The minimum Gasteiger partial charge on any atom is -0.507 e. The lowest BCUT2D eigenvalue weighted by atomic mass is 10.00. The average Bonchev–Trinajstić information content (AvgIpc) is 0.833. The monoisotopic (exact) mass is 1330 g/mol. The number of hydrogen-bond donors (Lipinski definition) is 1. The van der Waals surface area contributed by atoms with Gasteiger partial charge in [0.2, 0.25) is 0 Å². The van der Waals surface area contributed by atoms with Gasteiger partial charge in [-0.15, -0.1) is 0 Å². The lowest BCUT2D eigenvalue weighted by Crippen LogP contribution is -2.14. The van der Waals surface area contributed by atoms with E-state index in [9.17, 15) is 38.7 Å². The molecule has 502 valence electrons. The van der Waals surface area contributed by atoms with Crippen molar-refractivity contribution >= 4 is 95.1 Å². The summed E-state index contributed by atoms with van der Waals surface area (Å²) >= 11 is 0. The largest absolute Gasteiger partial charge is 0.507 e. The van der Waals surface area contributed by atoms with Gasteiger partial charge in [-0.1, -0.05) is 142 Å². The molecule has 0 atom stereocenters. The quantitative estimate of drug-likeness (QED) is 0.105. The van der Waals surface area contributed by atoms with E-state index in [1.807, 2.05) is 208 Å². The van der Waals surface area contributed by atoms with Gasteiger partial charge in [-0.2, -0.15) is 0 Å². The molecule has 1 N–H and O–H groups in total. The van der Waals surface area contributed by atoms with Gasteiger partial charge in [-0.25, -0.2) is 24.0 Å². The summed E-state index contributed by atoms with van der Waals surface area (Å²) in [7, 11) is 11.3. The lowest BCUT2D eigenvalue weighted by molar-refractivity contribution is -0.110. The zero-order chi connectivity index (χ0) is 71.0. The number of hydrogen-bond acceptors (Lipinski definition) is 16. The van der Waals surface area contributed by atoms with Crippen LogP contribution in [0.1, 0.15) is 48.9 Å². The van der Waals surface area contributed by atoms with Gasteiger partial charge in [-0.05, 0) is 149 Å². The SMILES string of the molecule is CC(C)c1cc(=O)oc2ccccc12.CCc1ccc2oc(=O)ccc2c1.CN(C)c1ccc(/C=C/C(=O)/C=C/c2ccc(N(C)C)cc2)cc1.COc1cc(=O)oc2ccccc12.Cn1c(=O)ccc2ccccc21.O=c1cc(O)c2ccccc2o1.O=c1ccc2ccccc2o1. The number of aromatic nitrogens is 1. The molecule has 6 heterocycles. The van der Waals surface area contributed by atoms with E-state index in [-0.39, 0.29) is 34.0 Å². The number of pyridine rings is 1. The van der Waals surface area contributed by atoms with Crippen LogP contribution in [0.15, 0.2) is 306 Å². The Bertz CT molecular complexity index is 5420. The molecule has 99 heavy (non-hydrogen) atoms. The van der Waals surface area contributed by atoms with Gasteiger partial charge in [0.25, 0.3) is 5.56 Å². The third-order valence-corrected chi connectivity index (χ3v) is 15.1. The van der Waals surface area contributed by atoms with Crippen LogP contribution in [0.2, 0.25) is 0 Å². The van der Waals surface area contributed by atoms with E-state index < -0.39 is 11.3 Å². The van der Waals surface area contributed by atoms with E-state index in [2.05, 4.69) is 20.8 Å². The van der Waals surface area contributed by atoms with Crippen LogP contribution in [0.25, 0.3) is 77.9 Å². The Morgan fingerprint density at radius 1 is 0.455 bits per heavy atom. The molecule has 0 aliphatic carbocycles. The van der Waals surface area contributed by atoms with Crippen molar-refractivity contribution in [3.63, 3.8) is 0 Å². The first-order valence-corrected chi connectivity index (χ1v) is 31.5. The molecule has 0 unspecified atom stereocenters. The number of rotatable bonds is 9. The lowest BCUT2D eigenvalue weighted by Gasteiger charge is -2.11. The highest BCUT2D eigenvalue weighted by atomic mass is 16.5. The first-order chi connectivity index (χ1) is 47.7. The zero-order valence-corrected chi connectivity index (χ0v) is 56.3. The number of para-hydroxylation sites is 5. The smallest absolute Gasteiger partial charge is 0.339 e. The summed E-state index contributed by atoms with van der Waals surface area (Å²) in [5, 5.41) is 14.7. The maximum Gasteiger partial charge on any atom is 0.339 e. The molecule has 14 rings (SSSR count). The van der Waals surface area contributed by atoms with Crippen molar-refractivity contribution in [3.05, 3.63) is 340 Å². The highest BCUT2D eigenvalue weighted by molar-refractivity contribution is 6.04. The molecule has 0 radical (unpaired) electrons. The standard InChI is InChI=1S/C21H24N2O.C12H12O2.C11H10O2.C10H9NO.C10H8O3.C9H6O3.C9H6O2/c1-22(2)19-11-5-17(6-12-19)9-15-21(24)16-10-18-7-13-20(14-8-18)23(3)4;1-8(2)10-7-12(13)14-11-6-4-3-5-9(10)11;1-2-8-3-5-10-9(7-8)4-6-11(12)13-10;1-11-9-5-3-2-4-8(9)6-7-10(11)12;1-12-9-6-10(11)13-8-5-3-2-4-7(8)9;10-7-5-9(11)12-8-4-2-1-3-6(7)8;10-9-6-5-7-3-1-2-4-8(7)11-9/h5-16H,1-4H3;3-8H,1-2H3;3-7H,2H2,1H3;2-7H,1H3;2-6H,1H3;1-5,10H;1-6H/b15-9+,16-10+;;;;;;. The number of ketones is 1. The minimum atomic E-state index is -0.536. The molecule has 0 saturated carbocycles. The third kappa shape index (κ3) is 20.9. The van der Waals surface area contributed by atoms with Crippen LogP contribution in [0.4, 0.5) is 11.4 Å². The number of carbonyl (C=O) groups excluding carboxylic acids is 1. The maximum atomic E-state index is 11.9. The van der Waals surface area contributed by atoms with Crippen molar-refractivity contribution in [3.8, 4) is 11.5 Å². The Labute approximate surface area is 569 Å². The Morgan fingerprint density at radius 2 is 0.889 bits per heavy atom. The van der Waals surface area contributed by atoms with Crippen molar-refractivity contribution in [2.45, 2.75) is 33.1 Å². The number of allylic oxidation sites excluding steroid dienone is 2. The van der Waals surface area contributed by atoms with E-state index >= 15 is 0 Å². The Kier molecular flexibility index (Phi) is 25.7. The van der Waals surface area contributed by atoms with Crippen molar-refractivity contribution in [1.29, 1.82) is 0 Å². The molecule has 0 aliphatic heterocycles. The van der Waals surface area contributed by atoms with E-state index in [4.69, 9.17) is 26.8 Å². The average molecular weight is 1330 g/mol. The van der Waals surface area contributed by atoms with Crippen LogP contribution < -0.4 is 48.2 Å². The van der Waals surface area contributed by atoms with E-state index in [1.54, 1.807) is 84.4 Å². The highest BCUT2D eigenvalue weighted by Crippen LogP contribution is 2.25. The molecule has 0 saturated heterocycles. The molecule has 0 aliphatic rings. The van der Waals surface area contributed by atoms with Crippen molar-refractivity contribution in [2.24, 2.45) is 7.05 Å². The number of fused-ring (bicyclic) bond motifs is 6. The molecule has 0 spiro atoms. The predicted octanol–water partition coefficient (Wildman–Crippen LogP) is 16.0. The topological polar surface area (TPSA) is 226 Å². The summed E-state index contributed by atoms with van der Waals surface area (Å²) in [5.41, 5.74) is 8.74. The fourth-order valence-electron chi connectivity index (χ4n) is 9.82. The van der Waals surface area contributed by atoms with Gasteiger partial charge in [0.1, 0.15) is 39.4 Å². The number of aromatic hydroxyl groups is 1. The highest BCUT2D eigenvalue weighted by Gasteiger charge is 2.09. The summed E-state index contributed by atoms with van der Waals surface area (Å²) in [5.74, 6) is 0.820. The molecular formula is C82H75N3O14.